The van der Waals surface area contributed by atoms with Gasteiger partial charge in [0.05, 0.1) is 6.10 Å². The van der Waals surface area contributed by atoms with Crippen LogP contribution < -0.4 is 5.32 Å². The zero-order valence-corrected chi connectivity index (χ0v) is 10.5. The third-order valence-corrected chi connectivity index (χ3v) is 3.47. The normalized spacial score (nSPS) is 26.7. The summed E-state index contributed by atoms with van der Waals surface area (Å²) in [7, 11) is 0. The first-order valence-corrected chi connectivity index (χ1v) is 6.39. The molecule has 0 bridgehead atoms. The van der Waals surface area contributed by atoms with E-state index in [4.69, 9.17) is 0 Å². The average molecular weight is 237 g/mol. The molecule has 0 saturated heterocycles. The van der Waals surface area contributed by atoms with Crippen LogP contribution in [0.3, 0.4) is 0 Å². The van der Waals surface area contributed by atoms with Gasteiger partial charge in [0.1, 0.15) is 0 Å². The molecule has 0 amide bonds. The molecular weight excluding hydrogens is 218 g/mol. The van der Waals surface area contributed by atoms with Crippen molar-refractivity contribution in [2.24, 2.45) is 0 Å². The van der Waals surface area contributed by atoms with Crippen molar-refractivity contribution < 1.29 is 5.11 Å². The molecule has 2 nitrogen and oxygen atoms in total. The number of thiol groups is 1. The van der Waals surface area contributed by atoms with Gasteiger partial charge in [0.25, 0.3) is 0 Å². The van der Waals surface area contributed by atoms with Crippen LogP contribution in [0.2, 0.25) is 0 Å². The molecule has 3 atom stereocenters. The van der Waals surface area contributed by atoms with Crippen molar-refractivity contribution in [2.75, 3.05) is 5.32 Å². The van der Waals surface area contributed by atoms with Crippen LogP contribution in [0.25, 0.3) is 0 Å². The van der Waals surface area contributed by atoms with E-state index in [1.807, 2.05) is 0 Å². The molecule has 1 aromatic rings. The number of anilines is 1. The van der Waals surface area contributed by atoms with Gasteiger partial charge in [-0.25, -0.2) is 0 Å². The third kappa shape index (κ3) is 2.92. The molecule has 2 N–H and O–H groups in total. The molecule has 1 aliphatic rings. The molecule has 3 unspecified atom stereocenters. The summed E-state index contributed by atoms with van der Waals surface area (Å²) in [5.41, 5.74) is 2.37. The maximum absolute atomic E-state index is 9.44. The molecule has 0 aliphatic heterocycles. The molecule has 0 spiro atoms. The Balaban J connectivity index is 1.95. The fourth-order valence-electron chi connectivity index (χ4n) is 2.18. The van der Waals surface area contributed by atoms with Crippen LogP contribution in [-0.4, -0.2) is 17.3 Å². The molecule has 0 heterocycles. The first-order valence-electron chi connectivity index (χ1n) is 5.88. The lowest BCUT2D eigenvalue weighted by atomic mass is 10.1. The Bertz CT molecular complexity index is 336. The van der Waals surface area contributed by atoms with Crippen LogP contribution >= 0.6 is 12.6 Å². The van der Waals surface area contributed by atoms with Gasteiger partial charge in [0.15, 0.2) is 0 Å². The second kappa shape index (κ2) is 5.11. The lowest BCUT2D eigenvalue weighted by Crippen LogP contribution is -2.16. The minimum atomic E-state index is -0.116. The summed E-state index contributed by atoms with van der Waals surface area (Å²) < 4.78 is 0. The standard InChI is InChI=1S/C13H19NOS/c1-9(16)10-2-4-11(5-3-10)14-12-6-7-13(15)8-12/h2-5,9,12-16H,6-8H2,1H3. The molecule has 16 heavy (non-hydrogen) atoms. The Hall–Kier alpha value is -0.670. The van der Waals surface area contributed by atoms with Gasteiger partial charge in [-0.15, -0.1) is 0 Å². The zero-order valence-electron chi connectivity index (χ0n) is 9.56. The summed E-state index contributed by atoms with van der Waals surface area (Å²) in [6.45, 7) is 2.07. The Kier molecular flexibility index (Phi) is 3.77. The van der Waals surface area contributed by atoms with Crippen LogP contribution in [0.15, 0.2) is 24.3 Å². The fraction of sp³-hybridized carbons (Fsp3) is 0.538. The maximum Gasteiger partial charge on any atom is 0.0560 e. The van der Waals surface area contributed by atoms with E-state index in [1.165, 1.54) is 5.56 Å². The van der Waals surface area contributed by atoms with E-state index in [9.17, 15) is 5.11 Å². The highest BCUT2D eigenvalue weighted by Gasteiger charge is 2.22. The van der Waals surface area contributed by atoms with Crippen molar-refractivity contribution in [1.82, 2.24) is 0 Å². The van der Waals surface area contributed by atoms with Crippen LogP contribution in [-0.2, 0) is 0 Å². The van der Waals surface area contributed by atoms with E-state index in [0.29, 0.717) is 6.04 Å². The molecule has 1 fully saturated rings. The van der Waals surface area contributed by atoms with Crippen molar-refractivity contribution in [3.8, 4) is 0 Å². The van der Waals surface area contributed by atoms with E-state index in [2.05, 4.69) is 49.1 Å². The molecule has 0 aromatic heterocycles. The maximum atomic E-state index is 9.44. The molecule has 3 heteroatoms. The summed E-state index contributed by atoms with van der Waals surface area (Å²) in [4.78, 5) is 0. The van der Waals surface area contributed by atoms with Gasteiger partial charge in [-0.1, -0.05) is 12.1 Å². The van der Waals surface area contributed by atoms with E-state index in [1.54, 1.807) is 0 Å². The predicted octanol–water partition coefficient (Wildman–Crippen LogP) is 3.00. The van der Waals surface area contributed by atoms with E-state index >= 15 is 0 Å². The summed E-state index contributed by atoms with van der Waals surface area (Å²) in [6, 6.07) is 8.81. The smallest absolute Gasteiger partial charge is 0.0560 e. The second-order valence-electron chi connectivity index (χ2n) is 4.61. The van der Waals surface area contributed by atoms with Crippen molar-refractivity contribution in [2.45, 2.75) is 43.6 Å². The number of aliphatic hydroxyl groups is 1. The summed E-state index contributed by atoms with van der Waals surface area (Å²) in [5, 5.41) is 13.2. The van der Waals surface area contributed by atoms with Crippen molar-refractivity contribution in [3.63, 3.8) is 0 Å². The lowest BCUT2D eigenvalue weighted by Gasteiger charge is -2.14. The van der Waals surface area contributed by atoms with Crippen molar-refractivity contribution >= 4 is 18.3 Å². The van der Waals surface area contributed by atoms with Crippen molar-refractivity contribution in [3.05, 3.63) is 29.8 Å². The second-order valence-corrected chi connectivity index (χ2v) is 5.38. The summed E-state index contributed by atoms with van der Waals surface area (Å²) in [6.07, 6.45) is 2.73. The Morgan fingerprint density at radius 1 is 1.31 bits per heavy atom. The number of benzene rings is 1. The van der Waals surface area contributed by atoms with Crippen LogP contribution in [0, 0.1) is 0 Å². The first kappa shape index (κ1) is 11.8. The highest BCUT2D eigenvalue weighted by Crippen LogP contribution is 2.25. The monoisotopic (exact) mass is 237 g/mol. The number of rotatable bonds is 3. The van der Waals surface area contributed by atoms with Gasteiger partial charge in [-0.3, -0.25) is 0 Å². The van der Waals surface area contributed by atoms with Crippen LogP contribution in [0.5, 0.6) is 0 Å². The SMILES string of the molecule is CC(S)c1ccc(NC2CCC(O)C2)cc1. The summed E-state index contributed by atoms with van der Waals surface area (Å²) >= 11 is 4.40. The number of hydrogen-bond acceptors (Lipinski definition) is 3. The Morgan fingerprint density at radius 3 is 2.50 bits per heavy atom. The highest BCUT2D eigenvalue weighted by molar-refractivity contribution is 7.80. The summed E-state index contributed by atoms with van der Waals surface area (Å²) in [5.74, 6) is 0. The van der Waals surface area contributed by atoms with Gasteiger partial charge in [0.2, 0.25) is 0 Å². The molecule has 1 aromatic carbocycles. The van der Waals surface area contributed by atoms with Crippen molar-refractivity contribution in [1.29, 1.82) is 0 Å². The average Bonchev–Trinajstić information content (AvgIpc) is 2.65. The van der Waals surface area contributed by atoms with Gasteiger partial charge in [-0.2, -0.15) is 12.6 Å². The third-order valence-electron chi connectivity index (χ3n) is 3.17. The molecule has 0 radical (unpaired) electrons. The number of hydrogen-bond donors (Lipinski definition) is 3. The first-order chi connectivity index (χ1) is 7.65. The number of aliphatic hydroxyl groups excluding tert-OH is 1. The highest BCUT2D eigenvalue weighted by atomic mass is 32.1. The van der Waals surface area contributed by atoms with E-state index in [-0.39, 0.29) is 11.4 Å². The minimum absolute atomic E-state index is 0.116. The quantitative estimate of drug-likeness (QED) is 0.706. The van der Waals surface area contributed by atoms with E-state index in [0.717, 1.165) is 24.9 Å². The minimum Gasteiger partial charge on any atom is -0.393 e. The van der Waals surface area contributed by atoms with E-state index < -0.39 is 0 Å². The molecule has 2 rings (SSSR count). The molecule has 88 valence electrons. The molecular formula is C13H19NOS. The Labute approximate surface area is 102 Å². The van der Waals surface area contributed by atoms with Crippen LogP contribution in [0.4, 0.5) is 5.69 Å². The Morgan fingerprint density at radius 2 is 2.00 bits per heavy atom. The van der Waals surface area contributed by atoms with Crippen LogP contribution in [0.1, 0.15) is 37.0 Å². The van der Waals surface area contributed by atoms with Gasteiger partial charge in [-0.05, 0) is 43.9 Å². The number of nitrogens with one attached hydrogen (secondary N) is 1. The lowest BCUT2D eigenvalue weighted by molar-refractivity contribution is 0.182. The zero-order chi connectivity index (χ0) is 11.5. The predicted molar refractivity (Wildman–Crippen MR) is 71.1 cm³/mol. The fourth-order valence-corrected chi connectivity index (χ4v) is 2.35. The van der Waals surface area contributed by atoms with Gasteiger partial charge in [0, 0.05) is 17.0 Å². The topological polar surface area (TPSA) is 32.3 Å². The van der Waals surface area contributed by atoms with Gasteiger partial charge < -0.3 is 10.4 Å². The van der Waals surface area contributed by atoms with Gasteiger partial charge >= 0.3 is 0 Å². The molecule has 1 aliphatic carbocycles. The molecule has 1 saturated carbocycles. The largest absolute Gasteiger partial charge is 0.393 e.